The second-order valence-corrected chi connectivity index (χ2v) is 4.55. The van der Waals surface area contributed by atoms with Crippen LogP contribution in [0.1, 0.15) is 39.2 Å². The Labute approximate surface area is 101 Å². The molecule has 0 aliphatic heterocycles. The van der Waals surface area contributed by atoms with Gasteiger partial charge in [-0.1, -0.05) is 31.9 Å². The zero-order valence-corrected chi connectivity index (χ0v) is 10.6. The summed E-state index contributed by atoms with van der Waals surface area (Å²) in [7, 11) is 0. The number of aromatic nitrogens is 1. The van der Waals surface area contributed by atoms with Crippen molar-refractivity contribution in [1.82, 2.24) is 4.57 Å². The molecule has 0 saturated heterocycles. The molecular formula is C13H17NOS. The van der Waals surface area contributed by atoms with E-state index in [9.17, 15) is 0 Å². The second kappa shape index (κ2) is 4.83. The minimum atomic E-state index is 0.413. The van der Waals surface area contributed by atoms with Crippen LogP contribution in [-0.2, 0) is 0 Å². The lowest BCUT2D eigenvalue weighted by atomic mass is 10.1. The molecule has 0 fully saturated rings. The molecule has 16 heavy (non-hydrogen) atoms. The Morgan fingerprint density at radius 2 is 2.12 bits per heavy atom. The fourth-order valence-electron chi connectivity index (χ4n) is 2.03. The molecule has 0 N–H and O–H groups in total. The summed E-state index contributed by atoms with van der Waals surface area (Å²) < 4.78 is 7.70. The number of hydrogen-bond donors (Lipinski definition) is 0. The highest BCUT2D eigenvalue weighted by atomic mass is 32.1. The van der Waals surface area contributed by atoms with Gasteiger partial charge in [0.1, 0.15) is 0 Å². The van der Waals surface area contributed by atoms with Crippen molar-refractivity contribution >= 4 is 23.3 Å². The van der Waals surface area contributed by atoms with E-state index in [1.54, 1.807) is 0 Å². The highest BCUT2D eigenvalue weighted by molar-refractivity contribution is 7.71. The van der Waals surface area contributed by atoms with Crippen LogP contribution in [0.4, 0.5) is 0 Å². The van der Waals surface area contributed by atoms with E-state index in [1.165, 1.54) is 12.8 Å². The maximum atomic E-state index is 5.58. The van der Waals surface area contributed by atoms with Gasteiger partial charge in [0.25, 0.3) is 4.84 Å². The van der Waals surface area contributed by atoms with E-state index < -0.39 is 0 Å². The average Bonchev–Trinajstić information content (AvgIpc) is 2.62. The van der Waals surface area contributed by atoms with Crippen molar-refractivity contribution < 1.29 is 4.42 Å². The van der Waals surface area contributed by atoms with Crippen molar-refractivity contribution in [2.75, 3.05) is 0 Å². The molecule has 0 aliphatic carbocycles. The van der Waals surface area contributed by atoms with Gasteiger partial charge in [-0.3, -0.25) is 4.57 Å². The first-order valence-corrected chi connectivity index (χ1v) is 6.25. The highest BCUT2D eigenvalue weighted by Crippen LogP contribution is 2.24. The molecule has 1 atom stereocenters. The topological polar surface area (TPSA) is 18.1 Å². The van der Waals surface area contributed by atoms with Crippen molar-refractivity contribution in [2.45, 2.75) is 39.2 Å². The number of nitrogens with zero attached hydrogens (tertiary/aromatic N) is 1. The molecule has 1 unspecified atom stereocenters. The van der Waals surface area contributed by atoms with Crippen LogP contribution < -0.4 is 0 Å². The van der Waals surface area contributed by atoms with Crippen LogP contribution in [0.25, 0.3) is 11.1 Å². The van der Waals surface area contributed by atoms with Crippen LogP contribution in [0.15, 0.2) is 28.7 Å². The molecule has 0 aliphatic rings. The van der Waals surface area contributed by atoms with Crippen molar-refractivity contribution in [3.05, 3.63) is 29.1 Å². The van der Waals surface area contributed by atoms with Crippen molar-refractivity contribution in [3.63, 3.8) is 0 Å². The molecule has 0 radical (unpaired) electrons. The van der Waals surface area contributed by atoms with E-state index in [0.29, 0.717) is 10.9 Å². The monoisotopic (exact) mass is 235 g/mol. The molecule has 1 aromatic carbocycles. The van der Waals surface area contributed by atoms with E-state index in [1.807, 2.05) is 18.2 Å². The lowest BCUT2D eigenvalue weighted by Gasteiger charge is -2.12. The van der Waals surface area contributed by atoms with Gasteiger partial charge in [-0.2, -0.15) is 0 Å². The Bertz CT molecular complexity index is 526. The average molecular weight is 235 g/mol. The van der Waals surface area contributed by atoms with Crippen molar-refractivity contribution in [1.29, 1.82) is 0 Å². The van der Waals surface area contributed by atoms with Crippen LogP contribution >= 0.6 is 12.2 Å². The molecule has 0 bridgehead atoms. The number of oxazole rings is 1. The Balaban J connectivity index is 2.43. The molecule has 0 saturated carbocycles. The zero-order valence-electron chi connectivity index (χ0n) is 9.77. The van der Waals surface area contributed by atoms with Gasteiger partial charge < -0.3 is 4.42 Å². The smallest absolute Gasteiger partial charge is 0.269 e. The minimum Gasteiger partial charge on any atom is -0.429 e. The molecular weight excluding hydrogens is 218 g/mol. The van der Waals surface area contributed by atoms with Crippen LogP contribution in [-0.4, -0.2) is 4.57 Å². The number of benzene rings is 1. The lowest BCUT2D eigenvalue weighted by Crippen LogP contribution is -2.04. The van der Waals surface area contributed by atoms with Crippen molar-refractivity contribution in [2.24, 2.45) is 0 Å². The summed E-state index contributed by atoms with van der Waals surface area (Å²) in [4.78, 5) is 0.588. The third-order valence-electron chi connectivity index (χ3n) is 2.93. The third kappa shape index (κ3) is 2.05. The molecule has 2 aromatic rings. The minimum absolute atomic E-state index is 0.413. The van der Waals surface area contributed by atoms with Gasteiger partial charge in [0, 0.05) is 6.04 Å². The number of para-hydroxylation sites is 2. The van der Waals surface area contributed by atoms with Gasteiger partial charge in [0.2, 0.25) is 0 Å². The number of fused-ring (bicyclic) bond motifs is 1. The fraction of sp³-hybridized carbons (Fsp3) is 0.462. The maximum absolute atomic E-state index is 5.58. The number of rotatable bonds is 4. The van der Waals surface area contributed by atoms with E-state index >= 15 is 0 Å². The SMILES string of the molecule is CCCCC(C)n1c(=S)oc2ccccc21. The normalized spacial score (nSPS) is 13.1. The number of unbranched alkanes of at least 4 members (excludes halogenated alkanes) is 1. The van der Waals surface area contributed by atoms with E-state index in [0.717, 1.165) is 17.5 Å². The Kier molecular flexibility index (Phi) is 3.44. The lowest BCUT2D eigenvalue weighted by molar-refractivity contribution is 0.450. The first-order chi connectivity index (χ1) is 7.74. The predicted octanol–water partition coefficient (Wildman–Crippen LogP) is 4.71. The van der Waals surface area contributed by atoms with Crippen LogP contribution in [0.3, 0.4) is 0 Å². The molecule has 0 amide bonds. The van der Waals surface area contributed by atoms with Gasteiger partial charge in [-0.25, -0.2) is 0 Å². The summed E-state index contributed by atoms with van der Waals surface area (Å²) in [5, 5.41) is 0. The zero-order chi connectivity index (χ0) is 11.5. The largest absolute Gasteiger partial charge is 0.429 e. The van der Waals surface area contributed by atoms with Crippen LogP contribution in [0.5, 0.6) is 0 Å². The van der Waals surface area contributed by atoms with Gasteiger partial charge >= 0.3 is 0 Å². The van der Waals surface area contributed by atoms with Crippen LogP contribution in [0.2, 0.25) is 0 Å². The first kappa shape index (κ1) is 11.4. The summed E-state index contributed by atoms with van der Waals surface area (Å²) >= 11 is 5.28. The molecule has 0 spiro atoms. The Morgan fingerprint density at radius 1 is 1.38 bits per heavy atom. The molecule has 86 valence electrons. The fourth-order valence-corrected chi connectivity index (χ4v) is 2.40. The molecule has 3 heteroatoms. The van der Waals surface area contributed by atoms with E-state index in [4.69, 9.17) is 16.6 Å². The highest BCUT2D eigenvalue weighted by Gasteiger charge is 2.11. The number of hydrogen-bond acceptors (Lipinski definition) is 2. The van der Waals surface area contributed by atoms with Gasteiger partial charge in [-0.15, -0.1) is 0 Å². The molecule has 1 heterocycles. The molecule has 2 nitrogen and oxygen atoms in total. The maximum Gasteiger partial charge on any atom is 0.269 e. The first-order valence-electron chi connectivity index (χ1n) is 5.84. The van der Waals surface area contributed by atoms with E-state index in [2.05, 4.69) is 24.5 Å². The Hall–Kier alpha value is -1.09. The summed E-state index contributed by atoms with van der Waals surface area (Å²) in [5.41, 5.74) is 1.99. The van der Waals surface area contributed by atoms with Crippen molar-refractivity contribution in [3.8, 4) is 0 Å². The van der Waals surface area contributed by atoms with Gasteiger partial charge in [-0.05, 0) is 37.7 Å². The standard InChI is InChI=1S/C13H17NOS/c1-3-4-7-10(2)14-11-8-5-6-9-12(11)15-13(14)16/h5-6,8-10H,3-4,7H2,1-2H3. The summed E-state index contributed by atoms with van der Waals surface area (Å²) in [6, 6.07) is 8.44. The summed E-state index contributed by atoms with van der Waals surface area (Å²) in [6.45, 7) is 4.41. The third-order valence-corrected chi connectivity index (χ3v) is 3.22. The molecule has 1 aromatic heterocycles. The van der Waals surface area contributed by atoms with Gasteiger partial charge in [0.15, 0.2) is 5.58 Å². The molecule has 2 rings (SSSR count). The quantitative estimate of drug-likeness (QED) is 0.714. The van der Waals surface area contributed by atoms with Crippen LogP contribution in [0, 0.1) is 4.84 Å². The van der Waals surface area contributed by atoms with Gasteiger partial charge in [0.05, 0.1) is 5.52 Å². The Morgan fingerprint density at radius 3 is 2.88 bits per heavy atom. The second-order valence-electron chi connectivity index (χ2n) is 4.20. The van der Waals surface area contributed by atoms with E-state index in [-0.39, 0.29) is 0 Å². The predicted molar refractivity (Wildman–Crippen MR) is 69.3 cm³/mol. The summed E-state index contributed by atoms with van der Waals surface area (Å²) in [5.74, 6) is 0. The summed E-state index contributed by atoms with van der Waals surface area (Å²) in [6.07, 6.45) is 3.59.